The first-order chi connectivity index (χ1) is 9.69. The van der Waals surface area contributed by atoms with Crippen molar-refractivity contribution in [2.75, 3.05) is 11.4 Å². The Bertz CT molecular complexity index is 621. The molecule has 3 nitrogen and oxygen atoms in total. The topological polar surface area (TPSA) is 42.1 Å². The van der Waals surface area contributed by atoms with E-state index in [0.717, 1.165) is 30.0 Å². The Hall–Kier alpha value is -1.87. The first-order valence-electron chi connectivity index (χ1n) is 7.21. The molecule has 0 spiro atoms. The third kappa shape index (κ3) is 2.29. The van der Waals surface area contributed by atoms with Crippen molar-refractivity contribution in [3.05, 3.63) is 53.2 Å². The number of hydrogen-bond donors (Lipinski definition) is 1. The second kappa shape index (κ2) is 5.25. The normalized spacial score (nSPS) is 17.9. The molecule has 1 aliphatic rings. The molecule has 1 aromatic heterocycles. The molecule has 0 fully saturated rings. The molecule has 1 aliphatic heterocycles. The van der Waals surface area contributed by atoms with Crippen molar-refractivity contribution in [3.8, 4) is 0 Å². The second-order valence-electron chi connectivity index (χ2n) is 5.69. The summed E-state index contributed by atoms with van der Waals surface area (Å²) in [6.45, 7) is 5.85. The molecule has 0 bridgehead atoms. The highest BCUT2D eigenvalue weighted by molar-refractivity contribution is 5.67. The molecular weight excluding hydrogens is 246 g/mol. The van der Waals surface area contributed by atoms with Gasteiger partial charge in [0.05, 0.1) is 0 Å². The van der Waals surface area contributed by atoms with Crippen LogP contribution in [0.5, 0.6) is 0 Å². The minimum absolute atomic E-state index is 0.523. The zero-order valence-electron chi connectivity index (χ0n) is 12.1. The maximum Gasteiger partial charge on any atom is 0.137 e. The quantitative estimate of drug-likeness (QED) is 0.908. The fraction of sp³-hybridized carbons (Fsp3) is 0.353. The molecule has 1 atom stereocenters. The number of hydrogen-bond acceptors (Lipinski definition) is 3. The molecule has 20 heavy (non-hydrogen) atoms. The lowest BCUT2D eigenvalue weighted by Gasteiger charge is -2.35. The van der Waals surface area contributed by atoms with Crippen LogP contribution in [0, 0.1) is 12.8 Å². The summed E-state index contributed by atoms with van der Waals surface area (Å²) in [6.07, 6.45) is 1.14. The highest BCUT2D eigenvalue weighted by Gasteiger charge is 2.24. The van der Waals surface area contributed by atoms with Gasteiger partial charge in [-0.15, -0.1) is 0 Å². The van der Waals surface area contributed by atoms with Crippen molar-refractivity contribution in [1.82, 2.24) is 4.98 Å². The summed E-state index contributed by atoms with van der Waals surface area (Å²) in [6, 6.07) is 12.7. The van der Waals surface area contributed by atoms with E-state index in [4.69, 9.17) is 10.7 Å². The monoisotopic (exact) mass is 267 g/mol. The Morgan fingerprint density at radius 2 is 2.05 bits per heavy atom. The van der Waals surface area contributed by atoms with E-state index in [1.165, 1.54) is 11.3 Å². The highest BCUT2D eigenvalue weighted by atomic mass is 15.2. The summed E-state index contributed by atoms with van der Waals surface area (Å²) in [7, 11) is 0. The lowest BCUT2D eigenvalue weighted by atomic mass is 9.93. The Morgan fingerprint density at radius 3 is 2.85 bits per heavy atom. The van der Waals surface area contributed by atoms with E-state index in [1.54, 1.807) is 0 Å². The third-order valence-corrected chi connectivity index (χ3v) is 3.92. The van der Waals surface area contributed by atoms with Gasteiger partial charge in [0, 0.05) is 30.0 Å². The Kier molecular flexibility index (Phi) is 3.45. The zero-order chi connectivity index (χ0) is 14.1. The number of aryl methyl sites for hydroxylation is 1. The van der Waals surface area contributed by atoms with Crippen LogP contribution in [0.2, 0.25) is 0 Å². The first-order valence-corrected chi connectivity index (χ1v) is 7.21. The molecule has 104 valence electrons. The number of fused-ring (bicyclic) bond motifs is 1. The van der Waals surface area contributed by atoms with E-state index in [-0.39, 0.29) is 0 Å². The average molecular weight is 267 g/mol. The van der Waals surface area contributed by atoms with Gasteiger partial charge in [0.15, 0.2) is 0 Å². The SMILES string of the molecule is Cc1ccc(CN)c(N2CC(C)Cc3ccccc32)n1. The molecule has 2 N–H and O–H groups in total. The molecule has 0 amide bonds. The van der Waals surface area contributed by atoms with E-state index >= 15 is 0 Å². The number of para-hydroxylation sites is 1. The minimum Gasteiger partial charge on any atom is -0.326 e. The van der Waals surface area contributed by atoms with Gasteiger partial charge in [-0.05, 0) is 37.0 Å². The molecule has 0 aliphatic carbocycles. The maximum absolute atomic E-state index is 5.90. The number of aromatic nitrogens is 1. The third-order valence-electron chi connectivity index (χ3n) is 3.92. The number of anilines is 2. The predicted molar refractivity (Wildman–Crippen MR) is 83.2 cm³/mol. The van der Waals surface area contributed by atoms with Crippen LogP contribution >= 0.6 is 0 Å². The first kappa shape index (κ1) is 13.1. The fourth-order valence-electron chi connectivity index (χ4n) is 2.96. The largest absolute Gasteiger partial charge is 0.326 e. The number of pyridine rings is 1. The van der Waals surface area contributed by atoms with E-state index in [1.807, 2.05) is 13.0 Å². The van der Waals surface area contributed by atoms with Crippen molar-refractivity contribution < 1.29 is 0 Å². The van der Waals surface area contributed by atoms with Gasteiger partial charge in [-0.2, -0.15) is 0 Å². The van der Waals surface area contributed by atoms with Gasteiger partial charge >= 0.3 is 0 Å². The molecule has 3 rings (SSSR count). The van der Waals surface area contributed by atoms with Gasteiger partial charge in [0.2, 0.25) is 0 Å². The van der Waals surface area contributed by atoms with Crippen molar-refractivity contribution in [1.29, 1.82) is 0 Å². The Labute approximate surface area is 120 Å². The summed E-state index contributed by atoms with van der Waals surface area (Å²) in [5, 5.41) is 0. The molecule has 1 unspecified atom stereocenters. The lowest BCUT2D eigenvalue weighted by Crippen LogP contribution is -2.32. The molecule has 0 saturated carbocycles. The maximum atomic E-state index is 5.90. The summed E-state index contributed by atoms with van der Waals surface area (Å²) < 4.78 is 0. The van der Waals surface area contributed by atoms with Crippen molar-refractivity contribution >= 4 is 11.5 Å². The van der Waals surface area contributed by atoms with Crippen LogP contribution in [0.3, 0.4) is 0 Å². The van der Waals surface area contributed by atoms with Gasteiger partial charge in [0.25, 0.3) is 0 Å². The van der Waals surface area contributed by atoms with E-state index in [9.17, 15) is 0 Å². The van der Waals surface area contributed by atoms with Crippen LogP contribution in [0.4, 0.5) is 11.5 Å². The van der Waals surface area contributed by atoms with E-state index in [0.29, 0.717) is 12.5 Å². The predicted octanol–water partition coefficient (Wildman–Crippen LogP) is 3.18. The smallest absolute Gasteiger partial charge is 0.137 e. The van der Waals surface area contributed by atoms with Crippen molar-refractivity contribution in [2.45, 2.75) is 26.8 Å². The zero-order valence-corrected chi connectivity index (χ0v) is 12.1. The molecule has 0 radical (unpaired) electrons. The molecule has 0 saturated heterocycles. The van der Waals surface area contributed by atoms with Gasteiger partial charge in [-0.25, -0.2) is 4.98 Å². The van der Waals surface area contributed by atoms with Gasteiger partial charge in [0.1, 0.15) is 5.82 Å². The second-order valence-corrected chi connectivity index (χ2v) is 5.69. The summed E-state index contributed by atoms with van der Waals surface area (Å²) in [5.41, 5.74) is 10.7. The molecular formula is C17H21N3. The number of rotatable bonds is 2. The fourth-order valence-corrected chi connectivity index (χ4v) is 2.96. The van der Waals surface area contributed by atoms with Gasteiger partial charge in [-0.1, -0.05) is 31.2 Å². The Balaban J connectivity index is 2.13. The number of benzene rings is 1. The van der Waals surface area contributed by atoms with Crippen LogP contribution in [0.15, 0.2) is 36.4 Å². The van der Waals surface area contributed by atoms with Crippen LogP contribution < -0.4 is 10.6 Å². The van der Waals surface area contributed by atoms with E-state index < -0.39 is 0 Å². The summed E-state index contributed by atoms with van der Waals surface area (Å²) in [4.78, 5) is 7.08. The molecule has 2 heterocycles. The highest BCUT2D eigenvalue weighted by Crippen LogP contribution is 2.35. The van der Waals surface area contributed by atoms with Crippen molar-refractivity contribution in [2.24, 2.45) is 11.7 Å². The summed E-state index contributed by atoms with van der Waals surface area (Å²) in [5.74, 6) is 1.64. The van der Waals surface area contributed by atoms with E-state index in [2.05, 4.69) is 42.2 Å². The van der Waals surface area contributed by atoms with Crippen molar-refractivity contribution in [3.63, 3.8) is 0 Å². The standard InChI is InChI=1S/C17H21N3/c1-12-9-14-5-3-4-6-16(14)20(11-12)17-15(10-18)8-7-13(2)19-17/h3-8,12H,9-11,18H2,1-2H3. The van der Waals surface area contributed by atoms with Crippen LogP contribution in [-0.2, 0) is 13.0 Å². The van der Waals surface area contributed by atoms with Gasteiger partial charge in [-0.3, -0.25) is 0 Å². The average Bonchev–Trinajstić information content (AvgIpc) is 2.46. The summed E-state index contributed by atoms with van der Waals surface area (Å²) >= 11 is 0. The lowest BCUT2D eigenvalue weighted by molar-refractivity contribution is 0.559. The molecule has 2 aromatic rings. The number of nitrogens with two attached hydrogens (primary N) is 1. The Morgan fingerprint density at radius 1 is 1.25 bits per heavy atom. The minimum atomic E-state index is 0.523. The van der Waals surface area contributed by atoms with Crippen LogP contribution in [0.1, 0.15) is 23.7 Å². The van der Waals surface area contributed by atoms with Crippen LogP contribution in [-0.4, -0.2) is 11.5 Å². The number of nitrogens with zero attached hydrogens (tertiary/aromatic N) is 2. The molecule has 3 heteroatoms. The van der Waals surface area contributed by atoms with Crippen LogP contribution in [0.25, 0.3) is 0 Å². The van der Waals surface area contributed by atoms with Gasteiger partial charge < -0.3 is 10.6 Å². The molecule has 1 aromatic carbocycles.